The fraction of sp³-hybridized carbons (Fsp3) is 0.586. The van der Waals surface area contributed by atoms with Gasteiger partial charge in [-0.15, -0.1) is 18.3 Å². The molecule has 2 heterocycles. The van der Waals surface area contributed by atoms with E-state index in [9.17, 15) is 10.2 Å². The van der Waals surface area contributed by atoms with Crippen molar-refractivity contribution < 1.29 is 43.5 Å². The van der Waals surface area contributed by atoms with Gasteiger partial charge in [-0.05, 0) is 137 Å². The number of carbonyl (C=O) groups is 1. The van der Waals surface area contributed by atoms with E-state index < -0.39 is 23.3 Å². The first-order chi connectivity index (χ1) is 34.0. The number of carbonyl (C=O) groups excluding carboxylic acids is 1. The van der Waals surface area contributed by atoms with E-state index in [-0.39, 0.29) is 56.8 Å². The van der Waals surface area contributed by atoms with Crippen molar-refractivity contribution in [1.29, 1.82) is 0 Å². The molecule has 12 heteroatoms. The number of rotatable bonds is 28. The molecule has 1 fully saturated rings. The summed E-state index contributed by atoms with van der Waals surface area (Å²) in [6.07, 6.45) is 22.0. The molecule has 3 aromatic carbocycles. The summed E-state index contributed by atoms with van der Waals surface area (Å²) in [6, 6.07) is 19.5. The number of aliphatic hydroxyl groups is 2. The zero-order chi connectivity index (χ0) is 49.5. The Labute approximate surface area is 422 Å². The monoisotopic (exact) mass is 981 g/mol. The van der Waals surface area contributed by atoms with Gasteiger partial charge in [0.2, 0.25) is 18.5 Å². The molecule has 70 heavy (non-hydrogen) atoms. The van der Waals surface area contributed by atoms with Gasteiger partial charge in [-0.1, -0.05) is 94.5 Å². The lowest BCUT2D eigenvalue weighted by atomic mass is 9.55. The van der Waals surface area contributed by atoms with E-state index in [1.807, 2.05) is 68.1 Å². The Morgan fingerprint density at radius 2 is 1.54 bits per heavy atom. The third-order valence-electron chi connectivity index (χ3n) is 14.4. The van der Waals surface area contributed by atoms with E-state index in [1.54, 1.807) is 17.8 Å². The Morgan fingerprint density at radius 1 is 0.857 bits per heavy atom. The van der Waals surface area contributed by atoms with Crippen LogP contribution in [0.5, 0.6) is 28.7 Å². The Balaban J connectivity index is 1.38. The molecule has 3 aromatic rings. The van der Waals surface area contributed by atoms with Gasteiger partial charge in [-0.25, -0.2) is 0 Å². The van der Waals surface area contributed by atoms with Crippen LogP contribution in [-0.2, 0) is 20.9 Å². The van der Waals surface area contributed by atoms with Crippen LogP contribution in [0, 0.1) is 17.8 Å². The molecule has 2 aliphatic carbocycles. The summed E-state index contributed by atoms with van der Waals surface area (Å²) < 4.78 is 33.1. The van der Waals surface area contributed by atoms with Crippen LogP contribution in [0.4, 0.5) is 0 Å². The fourth-order valence-electron chi connectivity index (χ4n) is 11.0. The Morgan fingerprint density at radius 3 is 2.24 bits per heavy atom. The molecule has 0 aromatic heterocycles. The number of hydrogen-bond acceptors (Lipinski definition) is 11. The molecule has 6 atom stereocenters. The maximum atomic E-state index is 15.4. The summed E-state index contributed by atoms with van der Waals surface area (Å²) in [7, 11) is 0. The van der Waals surface area contributed by atoms with Crippen LogP contribution in [-0.4, -0.2) is 77.0 Å². The van der Waals surface area contributed by atoms with Crippen LogP contribution >= 0.6 is 11.8 Å². The van der Waals surface area contributed by atoms with E-state index >= 15 is 4.79 Å². The van der Waals surface area contributed by atoms with Gasteiger partial charge in [0.25, 0.3) is 0 Å². The first-order valence-corrected chi connectivity index (χ1v) is 27.5. The van der Waals surface area contributed by atoms with Crippen molar-refractivity contribution in [1.82, 2.24) is 4.90 Å². The molecule has 6 unspecified atom stereocenters. The molecule has 1 saturated carbocycles. The number of oxime groups is 1. The van der Waals surface area contributed by atoms with Crippen LogP contribution in [0.2, 0.25) is 0 Å². The number of amides is 1. The molecule has 0 bridgehead atoms. The van der Waals surface area contributed by atoms with Gasteiger partial charge in [0.05, 0.1) is 18.2 Å². The van der Waals surface area contributed by atoms with Gasteiger partial charge >= 0.3 is 0 Å². The number of allylic oxidation sites excluding steroid dienone is 1. The van der Waals surface area contributed by atoms with E-state index in [2.05, 4.69) is 44.0 Å². The first kappa shape index (κ1) is 53.3. The lowest BCUT2D eigenvalue weighted by Gasteiger charge is -2.60. The minimum absolute atomic E-state index is 0.0232. The lowest BCUT2D eigenvalue weighted by Crippen LogP contribution is -2.70. The van der Waals surface area contributed by atoms with Crippen molar-refractivity contribution in [2.24, 2.45) is 22.9 Å². The Bertz CT molecular complexity index is 2220. The van der Waals surface area contributed by atoms with Crippen LogP contribution in [0.1, 0.15) is 154 Å². The maximum Gasteiger partial charge on any atom is 0.239 e. The van der Waals surface area contributed by atoms with Gasteiger partial charge in [-0.3, -0.25) is 4.79 Å². The zero-order valence-electron chi connectivity index (χ0n) is 42.6. The number of thioether (sulfide) groups is 1. The van der Waals surface area contributed by atoms with Crippen molar-refractivity contribution in [2.75, 3.05) is 32.9 Å². The lowest BCUT2D eigenvalue weighted by molar-refractivity contribution is -0.258. The number of nitrogens with zero attached hydrogens (tertiary/aromatic N) is 2. The molecule has 0 saturated heterocycles. The summed E-state index contributed by atoms with van der Waals surface area (Å²) in [5.41, 5.74) is 3.10. The van der Waals surface area contributed by atoms with Gasteiger partial charge < -0.3 is 43.6 Å². The molecule has 382 valence electrons. The van der Waals surface area contributed by atoms with Crippen LogP contribution in [0.3, 0.4) is 0 Å². The Kier molecular flexibility index (Phi) is 19.6. The van der Waals surface area contributed by atoms with E-state index in [1.165, 1.54) is 38.5 Å². The van der Waals surface area contributed by atoms with Crippen molar-refractivity contribution in [3.63, 3.8) is 0 Å². The van der Waals surface area contributed by atoms with E-state index in [0.717, 1.165) is 78.0 Å². The Hall–Kier alpha value is -4.49. The number of fused-ring (bicyclic) bond motifs is 3. The van der Waals surface area contributed by atoms with Gasteiger partial charge in [0, 0.05) is 49.0 Å². The first-order valence-electron chi connectivity index (χ1n) is 26.3. The summed E-state index contributed by atoms with van der Waals surface area (Å²) in [5.74, 6) is 1.64. The van der Waals surface area contributed by atoms with Crippen LogP contribution in [0.15, 0.2) is 95.0 Å². The minimum Gasteiger partial charge on any atom is -0.459 e. The topological polar surface area (TPSA) is 129 Å². The van der Waals surface area contributed by atoms with E-state index in [4.69, 9.17) is 33.7 Å². The minimum atomic E-state index is -1.38. The molecule has 0 radical (unpaired) electrons. The standard InChI is InChI=1S/C58H80N2O9S/c1-7-9-10-11-12-13-14-15-16-23-54(63)60(39-41-24-30-51-52(35-41)65-40-64-51)53-38-49(59-69-57(3,4)5)47-36-42(21-17-19-32-61)46(22-18-20-33-62)55-48-37-44(67-43-25-28-45(70-6)29-26-43)27-31-50(48)68-58(53,56(47)55)66-34-8-2/h8,24-31,35-37,42,46,53,55-56,61-62H,2,7,9-23,32-34,38-40H2,1,3-6H3. The predicted octanol–water partition coefficient (Wildman–Crippen LogP) is 13.3. The number of benzene rings is 3. The highest BCUT2D eigenvalue weighted by atomic mass is 32.2. The average Bonchev–Trinajstić information content (AvgIpc) is 3.83. The third-order valence-corrected chi connectivity index (χ3v) is 15.1. The van der Waals surface area contributed by atoms with E-state index in [0.29, 0.717) is 48.7 Å². The summed E-state index contributed by atoms with van der Waals surface area (Å²) in [5, 5.41) is 25.2. The summed E-state index contributed by atoms with van der Waals surface area (Å²) in [6.45, 7) is 13.2. The molecule has 4 aliphatic rings. The summed E-state index contributed by atoms with van der Waals surface area (Å²) >= 11 is 1.69. The van der Waals surface area contributed by atoms with Crippen molar-refractivity contribution >= 4 is 23.4 Å². The van der Waals surface area contributed by atoms with Crippen LogP contribution in [0.25, 0.3) is 0 Å². The maximum absolute atomic E-state index is 15.4. The second kappa shape index (κ2) is 25.8. The second-order valence-corrected chi connectivity index (χ2v) is 21.4. The molecular weight excluding hydrogens is 901 g/mol. The molecule has 2 aliphatic heterocycles. The van der Waals surface area contributed by atoms with Crippen molar-refractivity contribution in [3.05, 3.63) is 96.1 Å². The number of aliphatic hydroxyl groups excluding tert-OH is 2. The number of unbranched alkanes of at least 4 members (excludes halogenated alkanes) is 10. The van der Waals surface area contributed by atoms with Crippen molar-refractivity contribution in [3.8, 4) is 28.7 Å². The summed E-state index contributed by atoms with van der Waals surface area (Å²) in [4.78, 5) is 24.9. The smallest absolute Gasteiger partial charge is 0.239 e. The molecule has 0 spiro atoms. The largest absolute Gasteiger partial charge is 0.459 e. The molecular formula is C58H80N2O9S. The highest BCUT2D eigenvalue weighted by Gasteiger charge is 2.65. The SMILES string of the molecule is C=CCOC12Oc3ccc(Oc4ccc(SC)cc4)cc3C3C(CCCCO)C(CCCCO)C=C(C(=NOC(C)(C)C)CC1N(Cc1ccc4c(c1)OCO4)C(=O)CCCCCCCCCCC)C32. The average molecular weight is 981 g/mol. The number of hydrogen-bond donors (Lipinski definition) is 2. The quantitative estimate of drug-likeness (QED) is 0.0314. The predicted molar refractivity (Wildman–Crippen MR) is 279 cm³/mol. The second-order valence-electron chi connectivity index (χ2n) is 20.5. The van der Waals surface area contributed by atoms with Crippen LogP contribution < -0.4 is 18.9 Å². The molecule has 7 rings (SSSR count). The third kappa shape index (κ3) is 13.3. The zero-order valence-corrected chi connectivity index (χ0v) is 43.4. The van der Waals surface area contributed by atoms with Gasteiger partial charge in [0.1, 0.15) is 28.9 Å². The molecule has 11 nitrogen and oxygen atoms in total. The number of ether oxygens (including phenoxy) is 5. The highest BCUT2D eigenvalue weighted by Crippen LogP contribution is 2.62. The van der Waals surface area contributed by atoms with Gasteiger partial charge in [-0.2, -0.15) is 0 Å². The fourth-order valence-corrected chi connectivity index (χ4v) is 11.4. The molecule has 1 amide bonds. The normalized spacial score (nSPS) is 22.7. The van der Waals surface area contributed by atoms with Crippen molar-refractivity contribution in [2.45, 2.75) is 172 Å². The highest BCUT2D eigenvalue weighted by molar-refractivity contribution is 7.98. The van der Waals surface area contributed by atoms with Gasteiger partial charge in [0.15, 0.2) is 11.5 Å². The molecule has 2 N–H and O–H groups in total.